The fraction of sp³-hybridized carbons (Fsp3) is 0.0435. The maximum atomic E-state index is 12.8. The summed E-state index contributed by atoms with van der Waals surface area (Å²) in [6.45, 7) is 0.00354. The van der Waals surface area contributed by atoms with E-state index >= 15 is 0 Å². The third kappa shape index (κ3) is 4.17. The molecule has 158 valence electrons. The zero-order chi connectivity index (χ0) is 22.8. The second kappa shape index (κ2) is 8.75. The molecule has 1 fully saturated rings. The van der Waals surface area contributed by atoms with E-state index in [2.05, 4.69) is 6.07 Å². The van der Waals surface area contributed by atoms with Crippen LogP contribution in [-0.2, 0) is 11.3 Å². The lowest BCUT2D eigenvalue weighted by molar-refractivity contribution is -0.123. The van der Waals surface area contributed by atoms with E-state index in [1.807, 2.05) is 0 Å². The van der Waals surface area contributed by atoms with Gasteiger partial charge in [0.2, 0.25) is 0 Å². The van der Waals surface area contributed by atoms with E-state index in [1.165, 1.54) is 18.2 Å². The smallest absolute Gasteiger partial charge is 0.337 e. The third-order valence-electron chi connectivity index (χ3n) is 4.72. The lowest BCUT2D eigenvalue weighted by Crippen LogP contribution is -2.27. The van der Waals surface area contributed by atoms with Gasteiger partial charge in [-0.15, -0.1) is 0 Å². The molecule has 3 aromatic rings. The van der Waals surface area contributed by atoms with Gasteiger partial charge < -0.3 is 9.52 Å². The molecule has 0 spiro atoms. The molecule has 0 saturated carbocycles. The van der Waals surface area contributed by atoms with Gasteiger partial charge in [0.15, 0.2) is 0 Å². The lowest BCUT2D eigenvalue weighted by Gasteiger charge is -2.13. The molecular formula is C23H13ClN2O5S. The first-order valence-corrected chi connectivity index (χ1v) is 10.4. The molecular weight excluding hydrogens is 452 g/mol. The van der Waals surface area contributed by atoms with Crippen molar-refractivity contribution in [1.82, 2.24) is 4.90 Å². The van der Waals surface area contributed by atoms with Crippen molar-refractivity contribution in [3.05, 3.63) is 87.0 Å². The maximum absolute atomic E-state index is 12.8. The summed E-state index contributed by atoms with van der Waals surface area (Å²) in [6, 6.07) is 16.6. The van der Waals surface area contributed by atoms with Crippen LogP contribution in [0, 0.1) is 11.3 Å². The molecule has 0 unspecified atom stereocenters. The van der Waals surface area contributed by atoms with Crippen LogP contribution in [0.15, 0.2) is 63.9 Å². The van der Waals surface area contributed by atoms with Gasteiger partial charge in [0.25, 0.3) is 11.1 Å². The Morgan fingerprint density at radius 2 is 1.97 bits per heavy atom. The van der Waals surface area contributed by atoms with Crippen molar-refractivity contribution in [2.24, 2.45) is 0 Å². The molecule has 1 aliphatic rings. The standard InChI is InChI=1S/C23H13ClN2O5S/c24-18-9-13(5-7-17(18)22(28)29)19-8-6-16(31-19)10-20-21(27)26(23(30)32-20)12-15-4-2-1-3-14(15)11-25/h1-10H,12H2,(H,28,29)/b20-10-. The Kier molecular flexibility index (Phi) is 5.86. The molecule has 1 aromatic heterocycles. The Bertz CT molecular complexity index is 1340. The fourth-order valence-corrected chi connectivity index (χ4v) is 4.21. The third-order valence-corrected chi connectivity index (χ3v) is 5.94. The number of carboxylic acid groups (broad SMARTS) is 1. The predicted molar refractivity (Wildman–Crippen MR) is 119 cm³/mol. The quantitative estimate of drug-likeness (QED) is 0.502. The van der Waals surface area contributed by atoms with Crippen molar-refractivity contribution in [3.8, 4) is 17.4 Å². The first kappa shape index (κ1) is 21.4. The number of hydrogen-bond donors (Lipinski definition) is 1. The topological polar surface area (TPSA) is 112 Å². The lowest BCUT2D eigenvalue weighted by atomic mass is 10.1. The highest BCUT2D eigenvalue weighted by Crippen LogP contribution is 2.35. The number of imide groups is 1. The highest BCUT2D eigenvalue weighted by Gasteiger charge is 2.35. The fourth-order valence-electron chi connectivity index (χ4n) is 3.13. The minimum Gasteiger partial charge on any atom is -0.478 e. The van der Waals surface area contributed by atoms with Gasteiger partial charge in [-0.05, 0) is 47.7 Å². The van der Waals surface area contributed by atoms with Crippen molar-refractivity contribution in [2.75, 3.05) is 0 Å². The van der Waals surface area contributed by atoms with E-state index < -0.39 is 17.1 Å². The molecule has 1 saturated heterocycles. The minimum absolute atomic E-state index is 0.00354. The Morgan fingerprint density at radius 1 is 1.19 bits per heavy atom. The Labute approximate surface area is 191 Å². The number of nitriles is 1. The van der Waals surface area contributed by atoms with Crippen LogP contribution in [0.4, 0.5) is 4.79 Å². The van der Waals surface area contributed by atoms with E-state index in [0.29, 0.717) is 28.2 Å². The van der Waals surface area contributed by atoms with Gasteiger partial charge >= 0.3 is 5.97 Å². The van der Waals surface area contributed by atoms with Gasteiger partial charge in [0, 0.05) is 11.6 Å². The van der Waals surface area contributed by atoms with E-state index in [9.17, 15) is 19.6 Å². The summed E-state index contributed by atoms with van der Waals surface area (Å²) in [7, 11) is 0. The summed E-state index contributed by atoms with van der Waals surface area (Å²) in [5, 5.41) is 17.9. The van der Waals surface area contributed by atoms with Gasteiger partial charge in [-0.2, -0.15) is 5.26 Å². The normalized spacial score (nSPS) is 14.8. The molecule has 0 aliphatic carbocycles. The molecule has 32 heavy (non-hydrogen) atoms. The molecule has 9 heteroatoms. The van der Waals surface area contributed by atoms with Crippen molar-refractivity contribution >= 4 is 46.6 Å². The Hall–Kier alpha value is -3.80. The van der Waals surface area contributed by atoms with Crippen LogP contribution in [0.25, 0.3) is 17.4 Å². The van der Waals surface area contributed by atoms with Crippen LogP contribution in [0.5, 0.6) is 0 Å². The number of thioether (sulfide) groups is 1. The van der Waals surface area contributed by atoms with E-state index in [4.69, 9.17) is 21.1 Å². The van der Waals surface area contributed by atoms with Gasteiger partial charge in [0.05, 0.1) is 33.7 Å². The number of hydrogen-bond acceptors (Lipinski definition) is 6. The monoisotopic (exact) mass is 464 g/mol. The number of carbonyl (C=O) groups excluding carboxylic acids is 2. The van der Waals surface area contributed by atoms with Crippen LogP contribution >= 0.6 is 23.4 Å². The molecule has 2 aromatic carbocycles. The summed E-state index contributed by atoms with van der Waals surface area (Å²) in [5.41, 5.74) is 1.54. The van der Waals surface area contributed by atoms with Crippen molar-refractivity contribution in [1.29, 1.82) is 5.26 Å². The number of halogens is 1. The number of benzene rings is 2. The average Bonchev–Trinajstić information content (AvgIpc) is 3.34. The molecule has 1 aliphatic heterocycles. The number of nitrogens with zero attached hydrogens (tertiary/aromatic N) is 2. The maximum Gasteiger partial charge on any atom is 0.337 e. The largest absolute Gasteiger partial charge is 0.478 e. The summed E-state index contributed by atoms with van der Waals surface area (Å²) in [5.74, 6) is -0.826. The average molecular weight is 465 g/mol. The number of aromatic carboxylic acids is 1. The van der Waals surface area contributed by atoms with Gasteiger partial charge in [-0.1, -0.05) is 35.9 Å². The van der Waals surface area contributed by atoms with Crippen molar-refractivity contribution < 1.29 is 23.9 Å². The first-order valence-electron chi connectivity index (χ1n) is 9.24. The molecule has 4 rings (SSSR count). The van der Waals surface area contributed by atoms with Crippen molar-refractivity contribution in [3.63, 3.8) is 0 Å². The summed E-state index contributed by atoms with van der Waals surface area (Å²) in [6.07, 6.45) is 1.47. The molecule has 2 heterocycles. The summed E-state index contributed by atoms with van der Waals surface area (Å²) < 4.78 is 5.74. The number of furan rings is 1. The second-order valence-corrected chi connectivity index (χ2v) is 8.14. The van der Waals surface area contributed by atoms with Crippen LogP contribution in [-0.4, -0.2) is 27.1 Å². The molecule has 2 amide bonds. The van der Waals surface area contributed by atoms with Crippen LogP contribution in [0.3, 0.4) is 0 Å². The molecule has 1 N–H and O–H groups in total. The van der Waals surface area contributed by atoms with Crippen LogP contribution in [0.2, 0.25) is 5.02 Å². The first-order chi connectivity index (χ1) is 15.4. The van der Waals surface area contributed by atoms with Crippen LogP contribution in [0.1, 0.15) is 27.2 Å². The van der Waals surface area contributed by atoms with Gasteiger partial charge in [0.1, 0.15) is 11.5 Å². The Morgan fingerprint density at radius 3 is 2.69 bits per heavy atom. The number of carboxylic acids is 1. The van der Waals surface area contributed by atoms with E-state index in [1.54, 1.807) is 42.5 Å². The second-order valence-electron chi connectivity index (χ2n) is 6.74. The highest BCUT2D eigenvalue weighted by molar-refractivity contribution is 8.18. The highest BCUT2D eigenvalue weighted by atomic mass is 35.5. The zero-order valence-corrected chi connectivity index (χ0v) is 17.8. The predicted octanol–water partition coefficient (Wildman–Crippen LogP) is 5.41. The number of carbonyl (C=O) groups is 3. The van der Waals surface area contributed by atoms with E-state index in [-0.39, 0.29) is 22.0 Å². The van der Waals surface area contributed by atoms with Crippen LogP contribution < -0.4 is 0 Å². The molecule has 0 atom stereocenters. The summed E-state index contributed by atoms with van der Waals surface area (Å²) in [4.78, 5) is 37.5. The number of amides is 2. The van der Waals surface area contributed by atoms with E-state index in [0.717, 1.165) is 16.7 Å². The Balaban J connectivity index is 1.55. The molecule has 0 radical (unpaired) electrons. The zero-order valence-electron chi connectivity index (χ0n) is 16.2. The van der Waals surface area contributed by atoms with Gasteiger partial charge in [-0.25, -0.2) is 4.79 Å². The molecule has 7 nitrogen and oxygen atoms in total. The summed E-state index contributed by atoms with van der Waals surface area (Å²) >= 11 is 6.80. The molecule has 0 bridgehead atoms. The van der Waals surface area contributed by atoms with Crippen molar-refractivity contribution in [2.45, 2.75) is 6.54 Å². The SMILES string of the molecule is N#Cc1ccccc1CN1C(=O)S/C(=C\c2ccc(-c3ccc(C(=O)O)c(Cl)c3)o2)C1=O. The van der Waals surface area contributed by atoms with Gasteiger partial charge in [-0.3, -0.25) is 14.5 Å². The number of rotatable bonds is 5. The minimum atomic E-state index is -1.13.